The molecule has 2 unspecified atom stereocenters. The fourth-order valence-electron chi connectivity index (χ4n) is 2.21. The Labute approximate surface area is 117 Å². The van der Waals surface area contributed by atoms with Gasteiger partial charge in [-0.15, -0.1) is 11.3 Å². The first kappa shape index (κ1) is 14.4. The lowest BCUT2D eigenvalue weighted by Gasteiger charge is -2.26. The van der Waals surface area contributed by atoms with Crippen LogP contribution in [-0.4, -0.2) is 42.6 Å². The summed E-state index contributed by atoms with van der Waals surface area (Å²) in [6.45, 7) is 4.19. The molecule has 0 spiro atoms. The molecule has 1 aromatic rings. The van der Waals surface area contributed by atoms with Crippen LogP contribution in [0.3, 0.4) is 0 Å². The van der Waals surface area contributed by atoms with E-state index in [0.717, 1.165) is 37.6 Å². The topological polar surface area (TPSA) is 68.5 Å². The molecule has 1 fully saturated rings. The maximum atomic E-state index is 12.2. The molecule has 5 nitrogen and oxygen atoms in total. The molecule has 0 radical (unpaired) electrons. The first-order valence-electron chi connectivity index (χ1n) is 6.62. The van der Waals surface area contributed by atoms with Crippen molar-refractivity contribution in [2.24, 2.45) is 11.7 Å². The van der Waals surface area contributed by atoms with Crippen LogP contribution < -0.4 is 5.73 Å². The van der Waals surface area contributed by atoms with Crippen LogP contribution in [0, 0.1) is 5.92 Å². The molecule has 106 valence electrons. The van der Waals surface area contributed by atoms with Crippen molar-refractivity contribution in [1.29, 1.82) is 0 Å². The van der Waals surface area contributed by atoms with Gasteiger partial charge in [0, 0.05) is 25.6 Å². The summed E-state index contributed by atoms with van der Waals surface area (Å²) < 4.78 is 5.44. The van der Waals surface area contributed by atoms with Gasteiger partial charge in [-0.2, -0.15) is 0 Å². The van der Waals surface area contributed by atoms with Crippen LogP contribution in [0.4, 0.5) is 0 Å². The quantitative estimate of drug-likeness (QED) is 0.912. The summed E-state index contributed by atoms with van der Waals surface area (Å²) in [6, 6.07) is -0.122. The van der Waals surface area contributed by atoms with Gasteiger partial charge in [0.05, 0.1) is 12.6 Å². The number of ether oxygens (including phenoxy) is 1. The number of hydrogen-bond donors (Lipinski definition) is 1. The molecular formula is C13H21N3O2S. The van der Waals surface area contributed by atoms with Crippen molar-refractivity contribution in [2.45, 2.75) is 25.8 Å². The van der Waals surface area contributed by atoms with Crippen molar-refractivity contribution in [3.63, 3.8) is 0 Å². The molecule has 1 aromatic heterocycles. The Hall–Kier alpha value is -0.980. The summed E-state index contributed by atoms with van der Waals surface area (Å²) in [5.74, 6) is 0.406. The third kappa shape index (κ3) is 3.75. The zero-order chi connectivity index (χ0) is 13.8. The normalized spacial score (nSPS) is 21.1. The van der Waals surface area contributed by atoms with E-state index >= 15 is 0 Å². The van der Waals surface area contributed by atoms with Crippen molar-refractivity contribution in [3.05, 3.63) is 16.1 Å². The van der Waals surface area contributed by atoms with Gasteiger partial charge < -0.3 is 15.4 Å². The highest BCUT2D eigenvalue weighted by Crippen LogP contribution is 2.18. The first-order valence-corrected chi connectivity index (χ1v) is 7.50. The number of aromatic nitrogens is 1. The highest BCUT2D eigenvalue weighted by molar-refractivity contribution is 7.09. The molecule has 2 heterocycles. The van der Waals surface area contributed by atoms with E-state index in [-0.39, 0.29) is 11.9 Å². The third-order valence-corrected chi connectivity index (χ3v) is 4.31. The van der Waals surface area contributed by atoms with E-state index in [4.69, 9.17) is 10.5 Å². The van der Waals surface area contributed by atoms with Crippen LogP contribution in [0.2, 0.25) is 0 Å². The summed E-state index contributed by atoms with van der Waals surface area (Å²) in [4.78, 5) is 18.3. The zero-order valence-corrected chi connectivity index (χ0v) is 12.3. The lowest BCUT2D eigenvalue weighted by molar-refractivity contribution is 0.0387. The number of carbonyl (C=O) groups excluding carboxylic acids is 1. The Morgan fingerprint density at radius 3 is 3.11 bits per heavy atom. The zero-order valence-electron chi connectivity index (χ0n) is 11.5. The van der Waals surface area contributed by atoms with Gasteiger partial charge in [0.25, 0.3) is 5.91 Å². The predicted octanol–water partition coefficient (Wildman–Crippen LogP) is 1.66. The molecule has 2 atom stereocenters. The number of amides is 1. The second kappa shape index (κ2) is 6.45. The fourth-order valence-corrected chi connectivity index (χ4v) is 2.96. The molecule has 0 bridgehead atoms. The van der Waals surface area contributed by atoms with E-state index in [1.54, 1.807) is 10.3 Å². The molecule has 1 aliphatic heterocycles. The van der Waals surface area contributed by atoms with Crippen molar-refractivity contribution in [1.82, 2.24) is 9.88 Å². The van der Waals surface area contributed by atoms with E-state index in [2.05, 4.69) is 4.98 Å². The van der Waals surface area contributed by atoms with Gasteiger partial charge in [0.15, 0.2) is 0 Å². The first-order chi connectivity index (χ1) is 9.08. The molecule has 0 aliphatic carbocycles. The van der Waals surface area contributed by atoms with E-state index in [1.165, 1.54) is 11.3 Å². The highest BCUT2D eigenvalue weighted by atomic mass is 32.1. The van der Waals surface area contributed by atoms with Gasteiger partial charge in [-0.3, -0.25) is 4.79 Å². The van der Waals surface area contributed by atoms with Gasteiger partial charge in [-0.25, -0.2) is 4.98 Å². The lowest BCUT2D eigenvalue weighted by Crippen LogP contribution is -2.35. The molecule has 1 saturated heterocycles. The number of carbonyl (C=O) groups is 1. The maximum absolute atomic E-state index is 12.2. The number of nitrogens with two attached hydrogens (primary N) is 1. The van der Waals surface area contributed by atoms with Crippen LogP contribution in [0.1, 0.15) is 41.3 Å². The largest absolute Gasteiger partial charge is 0.381 e. The molecule has 0 aromatic carbocycles. The smallest absolute Gasteiger partial charge is 0.273 e. The van der Waals surface area contributed by atoms with Gasteiger partial charge >= 0.3 is 0 Å². The van der Waals surface area contributed by atoms with Crippen LogP contribution >= 0.6 is 11.3 Å². The Balaban J connectivity index is 1.93. The summed E-state index contributed by atoms with van der Waals surface area (Å²) in [5.41, 5.74) is 6.26. The third-order valence-electron chi connectivity index (χ3n) is 3.26. The summed E-state index contributed by atoms with van der Waals surface area (Å²) in [5, 5.41) is 2.59. The van der Waals surface area contributed by atoms with E-state index in [1.807, 2.05) is 14.0 Å². The Morgan fingerprint density at radius 1 is 1.74 bits per heavy atom. The molecule has 6 heteroatoms. The van der Waals surface area contributed by atoms with Gasteiger partial charge in [-0.1, -0.05) is 0 Å². The second-order valence-corrected chi connectivity index (χ2v) is 6.02. The van der Waals surface area contributed by atoms with Crippen molar-refractivity contribution in [3.8, 4) is 0 Å². The predicted molar refractivity (Wildman–Crippen MR) is 75.2 cm³/mol. The summed E-state index contributed by atoms with van der Waals surface area (Å²) in [7, 11) is 1.82. The summed E-state index contributed by atoms with van der Waals surface area (Å²) in [6.07, 6.45) is 2.21. The molecule has 2 rings (SSSR count). The minimum Gasteiger partial charge on any atom is -0.381 e. The van der Waals surface area contributed by atoms with Gasteiger partial charge in [-0.05, 0) is 25.7 Å². The van der Waals surface area contributed by atoms with Gasteiger partial charge in [0.1, 0.15) is 10.7 Å². The highest BCUT2D eigenvalue weighted by Gasteiger charge is 2.21. The Kier molecular flexibility index (Phi) is 4.90. The number of rotatable bonds is 4. The molecule has 0 saturated carbocycles. The van der Waals surface area contributed by atoms with E-state index in [0.29, 0.717) is 11.6 Å². The van der Waals surface area contributed by atoms with Crippen molar-refractivity contribution < 1.29 is 9.53 Å². The minimum atomic E-state index is -0.122. The van der Waals surface area contributed by atoms with Crippen LogP contribution in [0.15, 0.2) is 5.38 Å². The van der Waals surface area contributed by atoms with E-state index < -0.39 is 0 Å². The van der Waals surface area contributed by atoms with Crippen LogP contribution in [-0.2, 0) is 4.74 Å². The molecular weight excluding hydrogens is 262 g/mol. The number of nitrogens with zero attached hydrogens (tertiary/aromatic N) is 2. The average Bonchev–Trinajstić information content (AvgIpc) is 2.88. The molecule has 19 heavy (non-hydrogen) atoms. The number of hydrogen-bond acceptors (Lipinski definition) is 5. The standard InChI is InChI=1S/C13H21N3O2S/c1-9(14)12-15-11(8-19-12)13(17)16(2)6-10-4-3-5-18-7-10/h8-10H,3-7,14H2,1-2H3. The van der Waals surface area contributed by atoms with Gasteiger partial charge in [0.2, 0.25) is 0 Å². The monoisotopic (exact) mass is 283 g/mol. The van der Waals surface area contributed by atoms with Crippen molar-refractivity contribution >= 4 is 17.2 Å². The summed E-state index contributed by atoms with van der Waals surface area (Å²) >= 11 is 1.44. The Morgan fingerprint density at radius 2 is 2.53 bits per heavy atom. The number of thiazole rings is 1. The second-order valence-electron chi connectivity index (χ2n) is 5.13. The van der Waals surface area contributed by atoms with E-state index in [9.17, 15) is 4.79 Å². The maximum Gasteiger partial charge on any atom is 0.273 e. The Bertz CT molecular complexity index is 427. The SMILES string of the molecule is CC(N)c1nc(C(=O)N(C)CC2CCCOC2)cs1. The minimum absolute atomic E-state index is 0.0336. The molecule has 1 aliphatic rings. The van der Waals surface area contributed by atoms with Crippen LogP contribution in [0.5, 0.6) is 0 Å². The average molecular weight is 283 g/mol. The molecule has 1 amide bonds. The lowest BCUT2D eigenvalue weighted by atomic mass is 10.0. The van der Waals surface area contributed by atoms with Crippen LogP contribution in [0.25, 0.3) is 0 Å². The van der Waals surface area contributed by atoms with Crippen molar-refractivity contribution in [2.75, 3.05) is 26.8 Å². The molecule has 2 N–H and O–H groups in total. The fraction of sp³-hybridized carbons (Fsp3) is 0.692.